The number of esters is 1. The smallest absolute Gasteiger partial charge is 0.313 e. The Morgan fingerprint density at radius 2 is 1.71 bits per heavy atom. The molecule has 1 aromatic rings. The zero-order valence-electron chi connectivity index (χ0n) is 27.5. The quantitative estimate of drug-likeness (QED) is 0.217. The van der Waals surface area contributed by atoms with Crippen LogP contribution >= 0.6 is 0 Å². The van der Waals surface area contributed by atoms with E-state index in [2.05, 4.69) is 10.2 Å². The van der Waals surface area contributed by atoms with Gasteiger partial charge in [0.25, 0.3) is 0 Å². The first-order chi connectivity index (χ1) is 23.4. The van der Waals surface area contributed by atoms with Gasteiger partial charge in [-0.25, -0.2) is 0 Å². The number of cyclic esters (lactones) is 1. The van der Waals surface area contributed by atoms with Crippen molar-refractivity contribution in [2.75, 3.05) is 65.6 Å². The van der Waals surface area contributed by atoms with E-state index in [9.17, 15) is 24.3 Å². The van der Waals surface area contributed by atoms with Gasteiger partial charge in [-0.15, -0.1) is 0 Å². The second kappa shape index (κ2) is 15.8. The number of hydrogen-bond acceptors (Lipinski definition) is 9. The van der Waals surface area contributed by atoms with E-state index in [1.807, 2.05) is 48.6 Å². The lowest BCUT2D eigenvalue weighted by molar-refractivity contribution is -0.160. The molecule has 0 aromatic heterocycles. The van der Waals surface area contributed by atoms with Crippen LogP contribution in [-0.2, 0) is 33.4 Å². The number of allylic oxidation sites excluding steroid dienone is 1. The van der Waals surface area contributed by atoms with Crippen LogP contribution in [0.2, 0.25) is 0 Å². The van der Waals surface area contributed by atoms with Crippen LogP contribution in [-0.4, -0.2) is 127 Å². The number of amides is 3. The minimum Gasteiger partial charge on any atom is -0.455 e. The summed E-state index contributed by atoms with van der Waals surface area (Å²) in [5, 5.41) is 12.1. The molecule has 3 saturated heterocycles. The van der Waals surface area contributed by atoms with Crippen molar-refractivity contribution in [2.24, 2.45) is 11.8 Å². The van der Waals surface area contributed by atoms with E-state index in [1.165, 1.54) is 0 Å². The number of nitrogens with zero attached hydrogens (tertiary/aromatic N) is 3. The third-order valence-corrected chi connectivity index (χ3v) is 10.2. The summed E-state index contributed by atoms with van der Waals surface area (Å²) in [5.74, 6) is -3.18. The lowest BCUT2D eigenvalue weighted by atomic mass is 9.78. The van der Waals surface area contributed by atoms with Crippen LogP contribution in [0.3, 0.4) is 0 Å². The zero-order chi connectivity index (χ0) is 33.5. The minimum atomic E-state index is -1.36. The summed E-state index contributed by atoms with van der Waals surface area (Å²) in [7, 11) is 0. The standard InChI is InChI=1S/C36H48N4O8/c41-22-9-2-1-8-17-40-32-34(44)39(19-18-38-20-23-46-24-21-38)16-10-15-36(32)31(33(40)43)30-27(48-36)13-6-7-14-29(42)37-25-28(47-35(30)45)26-11-4-3-5-12-26/h3-6,10-13,15,27-28,30-32,41H,1-2,7-9,14,16-25H2,(H,37,42)/b13-6-/t27-,28+,30+,31+,32-,36+/m1/s1. The number of unbranched alkanes of at least 4 members (excludes halogenated alkanes) is 3. The summed E-state index contributed by atoms with van der Waals surface area (Å²) in [6.07, 6.45) is 9.36. The average Bonchev–Trinajstić information content (AvgIpc) is 3.49. The first-order valence-electron chi connectivity index (χ1n) is 17.5. The summed E-state index contributed by atoms with van der Waals surface area (Å²) in [5.41, 5.74) is -0.633. The van der Waals surface area contributed by atoms with Crippen molar-refractivity contribution in [2.45, 2.75) is 62.4 Å². The number of fused-ring (bicyclic) bond motifs is 2. The molecule has 1 spiro atoms. The van der Waals surface area contributed by atoms with E-state index in [4.69, 9.17) is 14.2 Å². The maximum atomic E-state index is 14.6. The number of morpholine rings is 1. The Bertz CT molecular complexity index is 1360. The van der Waals surface area contributed by atoms with Gasteiger partial charge in [-0.05, 0) is 24.8 Å². The molecule has 5 aliphatic rings. The number of carbonyl (C=O) groups is 4. The molecule has 48 heavy (non-hydrogen) atoms. The highest BCUT2D eigenvalue weighted by Crippen LogP contribution is 2.53. The summed E-state index contributed by atoms with van der Waals surface area (Å²) in [6.45, 7) is 5.03. The van der Waals surface area contributed by atoms with Crippen LogP contribution in [0.5, 0.6) is 0 Å². The molecule has 1 aromatic carbocycles. The van der Waals surface area contributed by atoms with Crippen molar-refractivity contribution >= 4 is 23.7 Å². The predicted molar refractivity (Wildman–Crippen MR) is 175 cm³/mol. The zero-order valence-corrected chi connectivity index (χ0v) is 27.5. The minimum absolute atomic E-state index is 0.0966. The maximum absolute atomic E-state index is 14.6. The Hall–Kier alpha value is -3.58. The molecule has 5 aliphatic heterocycles. The number of hydrogen-bond donors (Lipinski definition) is 2. The topological polar surface area (TPSA) is 138 Å². The molecule has 0 unspecified atom stereocenters. The molecule has 0 aliphatic carbocycles. The number of nitrogens with one attached hydrogen (secondary N) is 1. The van der Waals surface area contributed by atoms with E-state index in [0.29, 0.717) is 58.7 Å². The molecule has 3 fully saturated rings. The molecule has 0 radical (unpaired) electrons. The normalized spacial score (nSPS) is 32.0. The highest BCUT2D eigenvalue weighted by Gasteiger charge is 2.71. The SMILES string of the molecule is O=C1CC/C=C\[C@H]2O[C@]34C=CCN(CCN5CCOCC5)C(=O)[C@H]3N(CCCCCCO)C(=O)[C@@H]4[C@H]2C(=O)O[C@H](c2ccccc2)CN1. The first-order valence-corrected chi connectivity index (χ1v) is 17.5. The number of ether oxygens (including phenoxy) is 3. The van der Waals surface area contributed by atoms with E-state index in [1.54, 1.807) is 15.9 Å². The molecule has 5 heterocycles. The van der Waals surface area contributed by atoms with E-state index in [0.717, 1.165) is 31.5 Å². The molecule has 3 amide bonds. The molecular formula is C36H48N4O8. The van der Waals surface area contributed by atoms with E-state index < -0.39 is 41.7 Å². The molecule has 6 rings (SSSR count). The molecule has 0 bridgehead atoms. The second-order valence-electron chi connectivity index (χ2n) is 13.3. The van der Waals surface area contributed by atoms with Gasteiger partial charge in [0.1, 0.15) is 23.7 Å². The number of rotatable bonds is 10. The third kappa shape index (κ3) is 7.22. The number of carbonyl (C=O) groups excluding carboxylic acids is 4. The Morgan fingerprint density at radius 1 is 0.917 bits per heavy atom. The summed E-state index contributed by atoms with van der Waals surface area (Å²) in [6, 6.07) is 8.30. The van der Waals surface area contributed by atoms with Crippen molar-refractivity contribution in [1.29, 1.82) is 0 Å². The van der Waals surface area contributed by atoms with Gasteiger partial charge in [-0.1, -0.05) is 67.5 Å². The molecule has 12 nitrogen and oxygen atoms in total. The maximum Gasteiger partial charge on any atom is 0.313 e. The molecule has 12 heteroatoms. The molecule has 0 saturated carbocycles. The monoisotopic (exact) mass is 664 g/mol. The van der Waals surface area contributed by atoms with Gasteiger partial charge in [-0.2, -0.15) is 0 Å². The van der Waals surface area contributed by atoms with E-state index >= 15 is 0 Å². The van der Waals surface area contributed by atoms with Crippen molar-refractivity contribution in [3.05, 3.63) is 60.2 Å². The summed E-state index contributed by atoms with van der Waals surface area (Å²) in [4.78, 5) is 61.8. The number of benzene rings is 1. The van der Waals surface area contributed by atoms with Gasteiger partial charge in [0, 0.05) is 52.3 Å². The van der Waals surface area contributed by atoms with Gasteiger partial charge in [0.15, 0.2) is 0 Å². The third-order valence-electron chi connectivity index (χ3n) is 10.2. The van der Waals surface area contributed by atoms with Crippen LogP contribution in [0.1, 0.15) is 50.2 Å². The largest absolute Gasteiger partial charge is 0.455 e. The summed E-state index contributed by atoms with van der Waals surface area (Å²) >= 11 is 0. The fourth-order valence-corrected chi connectivity index (χ4v) is 7.73. The van der Waals surface area contributed by atoms with Gasteiger partial charge in [0.2, 0.25) is 17.7 Å². The van der Waals surface area contributed by atoms with Gasteiger partial charge < -0.3 is 34.4 Å². The molecule has 2 N–H and O–H groups in total. The van der Waals surface area contributed by atoms with Crippen molar-refractivity contribution in [1.82, 2.24) is 20.0 Å². The number of aliphatic hydroxyl groups excluding tert-OH is 1. The second-order valence-corrected chi connectivity index (χ2v) is 13.3. The van der Waals surface area contributed by atoms with Crippen LogP contribution in [0.4, 0.5) is 0 Å². The Morgan fingerprint density at radius 3 is 2.50 bits per heavy atom. The van der Waals surface area contributed by atoms with Crippen molar-refractivity contribution in [3.8, 4) is 0 Å². The first kappa shape index (κ1) is 34.3. The Labute approximate surface area is 282 Å². The van der Waals surface area contributed by atoms with Crippen LogP contribution in [0.15, 0.2) is 54.6 Å². The van der Waals surface area contributed by atoms with E-state index in [-0.39, 0.29) is 37.3 Å². The fraction of sp³-hybridized carbons (Fsp3) is 0.611. The predicted octanol–water partition coefficient (Wildman–Crippen LogP) is 1.60. The van der Waals surface area contributed by atoms with Crippen LogP contribution in [0.25, 0.3) is 0 Å². The lowest BCUT2D eigenvalue weighted by Crippen LogP contribution is -2.56. The van der Waals surface area contributed by atoms with Crippen LogP contribution < -0.4 is 5.32 Å². The molecule has 260 valence electrons. The Balaban J connectivity index is 1.32. The highest BCUT2D eigenvalue weighted by atomic mass is 16.6. The van der Waals surface area contributed by atoms with Gasteiger partial charge in [0.05, 0.1) is 31.8 Å². The lowest BCUT2D eigenvalue weighted by Gasteiger charge is -2.36. The molecule has 6 atom stereocenters. The van der Waals surface area contributed by atoms with Crippen molar-refractivity contribution in [3.63, 3.8) is 0 Å². The summed E-state index contributed by atoms with van der Waals surface area (Å²) < 4.78 is 18.5. The Kier molecular flexibility index (Phi) is 11.3. The highest BCUT2D eigenvalue weighted by molar-refractivity contribution is 5.99. The fourth-order valence-electron chi connectivity index (χ4n) is 7.73. The number of aliphatic hydroxyl groups is 1. The van der Waals surface area contributed by atoms with Gasteiger partial charge in [-0.3, -0.25) is 24.1 Å². The average molecular weight is 665 g/mol. The van der Waals surface area contributed by atoms with Crippen molar-refractivity contribution < 1.29 is 38.5 Å². The van der Waals surface area contributed by atoms with Crippen LogP contribution in [0, 0.1) is 11.8 Å². The van der Waals surface area contributed by atoms with Gasteiger partial charge >= 0.3 is 5.97 Å². The molecular weight excluding hydrogens is 616 g/mol. The number of likely N-dealkylation sites (tertiary alicyclic amines) is 1.